The number of rotatable bonds is 2. The van der Waals surface area contributed by atoms with Gasteiger partial charge in [-0.05, 0) is 48.9 Å². The lowest BCUT2D eigenvalue weighted by atomic mass is 10.0. The Morgan fingerprint density at radius 1 is 1.10 bits per heavy atom. The number of phenols is 1. The molecule has 0 bridgehead atoms. The van der Waals surface area contributed by atoms with E-state index >= 15 is 0 Å². The van der Waals surface area contributed by atoms with E-state index in [1.807, 2.05) is 48.3 Å². The van der Waals surface area contributed by atoms with E-state index in [-0.39, 0.29) is 11.8 Å². The van der Waals surface area contributed by atoms with Gasteiger partial charge in [-0.25, -0.2) is 0 Å². The Hall–Kier alpha value is -2.00. The predicted octanol–water partition coefficient (Wildman–Crippen LogP) is 4.37. The number of anilines is 1. The van der Waals surface area contributed by atoms with Gasteiger partial charge in [0.05, 0.1) is 11.7 Å². The molecule has 0 fully saturated rings. The first-order valence-electron chi connectivity index (χ1n) is 6.51. The maximum atomic E-state index is 9.41. The summed E-state index contributed by atoms with van der Waals surface area (Å²) in [6.45, 7) is 2.03. The minimum Gasteiger partial charge on any atom is -0.508 e. The molecule has 102 valence electrons. The maximum Gasteiger partial charge on any atom is 0.115 e. The highest BCUT2D eigenvalue weighted by Crippen LogP contribution is 2.35. The van der Waals surface area contributed by atoms with Gasteiger partial charge in [0.2, 0.25) is 0 Å². The van der Waals surface area contributed by atoms with Gasteiger partial charge in [0, 0.05) is 17.2 Å². The largest absolute Gasteiger partial charge is 0.508 e. The fourth-order valence-electron chi connectivity index (χ4n) is 2.45. The summed E-state index contributed by atoms with van der Waals surface area (Å²) in [5.74, 6) is 0.280. The zero-order valence-corrected chi connectivity index (χ0v) is 11.9. The molecule has 0 spiro atoms. The molecular weight excluding hydrogens is 272 g/mol. The van der Waals surface area contributed by atoms with Gasteiger partial charge in [-0.2, -0.15) is 5.10 Å². The van der Waals surface area contributed by atoms with Gasteiger partial charge in [-0.1, -0.05) is 23.7 Å². The van der Waals surface area contributed by atoms with Crippen LogP contribution in [0.1, 0.15) is 24.9 Å². The first kappa shape index (κ1) is 13.0. The maximum absolute atomic E-state index is 9.41. The highest BCUT2D eigenvalue weighted by molar-refractivity contribution is 6.30. The number of phenolic OH excluding ortho intramolecular Hbond substituents is 1. The van der Waals surface area contributed by atoms with Crippen LogP contribution >= 0.6 is 11.6 Å². The summed E-state index contributed by atoms with van der Waals surface area (Å²) in [5.41, 5.74) is 3.25. The van der Waals surface area contributed by atoms with E-state index in [0.29, 0.717) is 0 Å². The summed E-state index contributed by atoms with van der Waals surface area (Å²) in [4.78, 5) is 0. The number of benzene rings is 2. The van der Waals surface area contributed by atoms with Crippen molar-refractivity contribution in [2.45, 2.75) is 19.4 Å². The second-order valence-electron chi connectivity index (χ2n) is 4.97. The average molecular weight is 287 g/mol. The Bertz CT molecular complexity index is 635. The number of halogens is 1. The molecule has 0 aliphatic carbocycles. The quantitative estimate of drug-likeness (QED) is 0.889. The van der Waals surface area contributed by atoms with Gasteiger partial charge in [-0.3, -0.25) is 5.01 Å². The van der Waals surface area contributed by atoms with Crippen LogP contribution in [0.5, 0.6) is 5.75 Å². The van der Waals surface area contributed by atoms with Gasteiger partial charge in [0.15, 0.2) is 0 Å². The molecule has 3 rings (SSSR count). The van der Waals surface area contributed by atoms with Crippen molar-refractivity contribution in [2.75, 3.05) is 5.01 Å². The van der Waals surface area contributed by atoms with Crippen molar-refractivity contribution in [3.8, 4) is 5.75 Å². The van der Waals surface area contributed by atoms with E-state index in [0.717, 1.165) is 28.4 Å². The SMILES string of the molecule is CC1=NN(c2ccc(Cl)cc2)C(c2ccc(O)cc2)C1. The Labute approximate surface area is 123 Å². The first-order valence-corrected chi connectivity index (χ1v) is 6.89. The van der Waals surface area contributed by atoms with E-state index < -0.39 is 0 Å². The number of hydrogen-bond donors (Lipinski definition) is 1. The van der Waals surface area contributed by atoms with Crippen LogP contribution in [-0.2, 0) is 0 Å². The molecule has 0 radical (unpaired) electrons. The molecule has 1 unspecified atom stereocenters. The average Bonchev–Trinajstić information content (AvgIpc) is 2.82. The van der Waals surface area contributed by atoms with Crippen LogP contribution in [0.3, 0.4) is 0 Å². The van der Waals surface area contributed by atoms with Crippen LogP contribution in [0.15, 0.2) is 53.6 Å². The predicted molar refractivity (Wildman–Crippen MR) is 82.5 cm³/mol. The number of nitrogens with zero attached hydrogens (tertiary/aromatic N) is 2. The molecular formula is C16H15ClN2O. The first-order chi connectivity index (χ1) is 9.63. The minimum atomic E-state index is 0.164. The van der Waals surface area contributed by atoms with Crippen molar-refractivity contribution >= 4 is 23.0 Å². The van der Waals surface area contributed by atoms with Crippen molar-refractivity contribution in [1.82, 2.24) is 0 Å². The molecule has 1 atom stereocenters. The second-order valence-corrected chi connectivity index (χ2v) is 5.40. The standard InChI is InChI=1S/C16H15ClN2O/c1-11-10-16(12-2-8-15(20)9-3-12)19(18-11)14-6-4-13(17)5-7-14/h2-9,16,20H,10H2,1H3. The molecule has 0 saturated carbocycles. The van der Waals surface area contributed by atoms with Crippen LogP contribution in [0.4, 0.5) is 5.69 Å². The van der Waals surface area contributed by atoms with E-state index in [9.17, 15) is 5.11 Å². The molecule has 0 saturated heterocycles. The highest BCUT2D eigenvalue weighted by Gasteiger charge is 2.27. The molecule has 1 aliphatic heterocycles. The normalized spacial score (nSPS) is 18.2. The van der Waals surface area contributed by atoms with E-state index in [1.165, 1.54) is 0 Å². The van der Waals surface area contributed by atoms with E-state index in [2.05, 4.69) is 5.10 Å². The van der Waals surface area contributed by atoms with Gasteiger partial charge in [0.1, 0.15) is 5.75 Å². The second kappa shape index (κ2) is 5.17. The zero-order chi connectivity index (χ0) is 14.1. The monoisotopic (exact) mass is 286 g/mol. The summed E-state index contributed by atoms with van der Waals surface area (Å²) >= 11 is 5.94. The zero-order valence-electron chi connectivity index (χ0n) is 11.1. The lowest BCUT2D eigenvalue weighted by molar-refractivity contribution is 0.475. The van der Waals surface area contributed by atoms with Crippen LogP contribution in [0.25, 0.3) is 0 Å². The fraction of sp³-hybridized carbons (Fsp3) is 0.188. The molecule has 4 heteroatoms. The summed E-state index contributed by atoms with van der Waals surface area (Å²) in [6, 6.07) is 15.1. The van der Waals surface area contributed by atoms with E-state index in [4.69, 9.17) is 11.6 Å². The molecule has 1 N–H and O–H groups in total. The van der Waals surface area contributed by atoms with Crippen LogP contribution < -0.4 is 5.01 Å². The molecule has 2 aromatic rings. The van der Waals surface area contributed by atoms with E-state index in [1.54, 1.807) is 12.1 Å². The van der Waals surface area contributed by atoms with Crippen LogP contribution in [-0.4, -0.2) is 10.8 Å². The third-order valence-electron chi connectivity index (χ3n) is 3.43. The molecule has 3 nitrogen and oxygen atoms in total. The lowest BCUT2D eigenvalue weighted by Gasteiger charge is -2.24. The Morgan fingerprint density at radius 2 is 1.75 bits per heavy atom. The topological polar surface area (TPSA) is 35.8 Å². The van der Waals surface area contributed by atoms with Crippen molar-refractivity contribution < 1.29 is 5.11 Å². The Kier molecular flexibility index (Phi) is 3.36. The summed E-state index contributed by atoms with van der Waals surface area (Å²) in [5, 5.41) is 16.8. The molecule has 20 heavy (non-hydrogen) atoms. The summed E-state index contributed by atoms with van der Waals surface area (Å²) in [7, 11) is 0. The summed E-state index contributed by atoms with van der Waals surface area (Å²) < 4.78 is 0. The van der Waals surface area contributed by atoms with Gasteiger partial charge in [0.25, 0.3) is 0 Å². The molecule has 1 aliphatic rings. The van der Waals surface area contributed by atoms with Crippen molar-refractivity contribution in [1.29, 1.82) is 0 Å². The molecule has 0 amide bonds. The minimum absolute atomic E-state index is 0.164. The van der Waals surface area contributed by atoms with Crippen LogP contribution in [0, 0.1) is 0 Å². The third-order valence-corrected chi connectivity index (χ3v) is 3.68. The van der Waals surface area contributed by atoms with Crippen LogP contribution in [0.2, 0.25) is 5.02 Å². The van der Waals surface area contributed by atoms with Crippen molar-refractivity contribution in [3.05, 3.63) is 59.1 Å². The molecule has 2 aromatic carbocycles. The highest BCUT2D eigenvalue weighted by atomic mass is 35.5. The smallest absolute Gasteiger partial charge is 0.115 e. The number of hydrazone groups is 1. The van der Waals surface area contributed by atoms with Crippen molar-refractivity contribution in [3.63, 3.8) is 0 Å². The Balaban J connectivity index is 1.95. The summed E-state index contributed by atoms with van der Waals surface area (Å²) in [6.07, 6.45) is 0.882. The lowest BCUT2D eigenvalue weighted by Crippen LogP contribution is -2.18. The van der Waals surface area contributed by atoms with Gasteiger partial charge in [-0.15, -0.1) is 0 Å². The van der Waals surface area contributed by atoms with Gasteiger partial charge < -0.3 is 5.11 Å². The van der Waals surface area contributed by atoms with Gasteiger partial charge >= 0.3 is 0 Å². The number of aromatic hydroxyl groups is 1. The van der Waals surface area contributed by atoms with Crippen molar-refractivity contribution in [2.24, 2.45) is 5.10 Å². The number of hydrogen-bond acceptors (Lipinski definition) is 3. The molecule has 1 heterocycles. The Morgan fingerprint density at radius 3 is 2.40 bits per heavy atom. The fourth-order valence-corrected chi connectivity index (χ4v) is 2.57. The third kappa shape index (κ3) is 2.49. The molecule has 0 aromatic heterocycles.